The van der Waals surface area contributed by atoms with E-state index in [9.17, 15) is 0 Å². The molecule has 30 heavy (non-hydrogen) atoms. The van der Waals surface area contributed by atoms with Gasteiger partial charge in [0.15, 0.2) is 0 Å². The number of rotatable bonds is 7. The summed E-state index contributed by atoms with van der Waals surface area (Å²) in [5, 5.41) is 4.03. The molecule has 4 aromatic rings. The van der Waals surface area contributed by atoms with Crippen LogP contribution < -0.4 is 25.4 Å². The Kier molecular flexibility index (Phi) is 6.16. The van der Waals surface area contributed by atoms with Gasteiger partial charge in [-0.1, -0.05) is 60.7 Å². The lowest BCUT2D eigenvalue weighted by molar-refractivity contribution is 0.388. The molecular formula is C27H26O2P+. The molecule has 0 heterocycles. The Morgan fingerprint density at radius 1 is 0.500 bits per heavy atom. The van der Waals surface area contributed by atoms with Gasteiger partial charge in [0.2, 0.25) is 0 Å². The molecule has 0 saturated heterocycles. The summed E-state index contributed by atoms with van der Waals surface area (Å²) in [7, 11) is 1.44. The maximum atomic E-state index is 5.78. The van der Waals surface area contributed by atoms with Gasteiger partial charge >= 0.3 is 0 Å². The smallest absolute Gasteiger partial charge is 0.129 e. The Morgan fingerprint density at radius 3 is 1.20 bits per heavy atom. The molecule has 0 saturated carbocycles. The highest BCUT2D eigenvalue weighted by Crippen LogP contribution is 2.60. The molecule has 150 valence electrons. The highest BCUT2D eigenvalue weighted by molar-refractivity contribution is 7.95. The molecule has 0 spiro atoms. The summed E-state index contributed by atoms with van der Waals surface area (Å²) in [6.07, 6.45) is 0.818. The van der Waals surface area contributed by atoms with Gasteiger partial charge in [0.25, 0.3) is 0 Å². The van der Waals surface area contributed by atoms with Crippen LogP contribution >= 0.6 is 7.26 Å². The van der Waals surface area contributed by atoms with Crippen LogP contribution in [0.5, 0.6) is 11.5 Å². The summed E-state index contributed by atoms with van der Waals surface area (Å²) in [6, 6.07) is 38.6. The topological polar surface area (TPSA) is 18.5 Å². The molecule has 0 unspecified atom stereocenters. The molecular weight excluding hydrogens is 387 g/mol. The Morgan fingerprint density at radius 2 is 0.867 bits per heavy atom. The predicted octanol–water partition coefficient (Wildman–Crippen LogP) is 5.20. The fourth-order valence-corrected chi connectivity index (χ4v) is 8.36. The molecule has 0 fully saturated rings. The highest BCUT2D eigenvalue weighted by Gasteiger charge is 2.46. The van der Waals surface area contributed by atoms with Gasteiger partial charge in [-0.25, -0.2) is 0 Å². The third-order valence-electron chi connectivity index (χ3n) is 5.52. The van der Waals surface area contributed by atoms with E-state index in [1.807, 2.05) is 18.2 Å². The van der Waals surface area contributed by atoms with Crippen molar-refractivity contribution in [3.63, 3.8) is 0 Å². The van der Waals surface area contributed by atoms with E-state index in [1.54, 1.807) is 14.2 Å². The summed E-state index contributed by atoms with van der Waals surface area (Å²) in [5.74, 6) is 1.73. The van der Waals surface area contributed by atoms with Gasteiger partial charge in [0.1, 0.15) is 40.8 Å². The maximum absolute atomic E-state index is 5.78. The van der Waals surface area contributed by atoms with Crippen LogP contribution in [-0.4, -0.2) is 14.2 Å². The lowest BCUT2D eigenvalue weighted by Gasteiger charge is -2.29. The lowest BCUT2D eigenvalue weighted by atomic mass is 10.2. The lowest BCUT2D eigenvalue weighted by Crippen LogP contribution is -2.32. The van der Waals surface area contributed by atoms with Gasteiger partial charge in [0.05, 0.1) is 19.8 Å². The van der Waals surface area contributed by atoms with Crippen LogP contribution in [0, 0.1) is 0 Å². The summed E-state index contributed by atoms with van der Waals surface area (Å²) < 4.78 is 11.6. The minimum absolute atomic E-state index is 0.818. The van der Waals surface area contributed by atoms with Crippen molar-refractivity contribution in [2.45, 2.75) is 6.16 Å². The molecule has 0 aliphatic carbocycles. The van der Waals surface area contributed by atoms with E-state index in [0.29, 0.717) is 0 Å². The van der Waals surface area contributed by atoms with E-state index in [-0.39, 0.29) is 0 Å². The molecule has 2 nitrogen and oxygen atoms in total. The quantitative estimate of drug-likeness (QED) is 0.388. The van der Waals surface area contributed by atoms with Crippen molar-refractivity contribution in [2.75, 3.05) is 14.2 Å². The van der Waals surface area contributed by atoms with Crippen LogP contribution in [-0.2, 0) is 6.16 Å². The molecule has 3 heteroatoms. The SMILES string of the molecule is COc1cccc(OC)c1C[P+](c1ccccc1)(c1ccccc1)c1ccccc1. The molecule has 0 radical (unpaired) electrons. The first kappa shape index (κ1) is 20.2. The third-order valence-corrected chi connectivity index (χ3v) is 9.85. The Bertz CT molecular complexity index is 961. The first-order valence-electron chi connectivity index (χ1n) is 10.0. The maximum Gasteiger partial charge on any atom is 0.129 e. The first-order valence-corrected chi connectivity index (χ1v) is 12.0. The van der Waals surface area contributed by atoms with E-state index >= 15 is 0 Å². The monoisotopic (exact) mass is 413 g/mol. The van der Waals surface area contributed by atoms with Crippen molar-refractivity contribution >= 4 is 23.2 Å². The van der Waals surface area contributed by atoms with Crippen molar-refractivity contribution in [3.8, 4) is 11.5 Å². The highest BCUT2D eigenvalue weighted by atomic mass is 31.2. The van der Waals surface area contributed by atoms with Crippen molar-refractivity contribution in [3.05, 3.63) is 115 Å². The number of ether oxygens (including phenoxy) is 2. The molecule has 0 aliphatic rings. The summed E-state index contributed by atoms with van der Waals surface area (Å²) in [4.78, 5) is 0. The fraction of sp³-hybridized carbons (Fsp3) is 0.111. The Balaban J connectivity index is 2.04. The standard InChI is InChI=1S/C27H26O2P/c1-28-26-19-12-20-27(29-2)25(26)21-30(22-13-6-3-7-14-22,23-15-8-4-9-16-23)24-17-10-5-11-18-24/h3-20H,21H2,1-2H3/q+1. The van der Waals surface area contributed by atoms with E-state index in [2.05, 4.69) is 91.0 Å². The van der Waals surface area contributed by atoms with Gasteiger partial charge in [-0.3, -0.25) is 0 Å². The Labute approximate surface area is 179 Å². The molecule has 0 amide bonds. The molecule has 0 aromatic heterocycles. The van der Waals surface area contributed by atoms with Crippen molar-refractivity contribution in [1.82, 2.24) is 0 Å². The fourth-order valence-electron chi connectivity index (χ4n) is 4.09. The van der Waals surface area contributed by atoms with Gasteiger partial charge in [-0.15, -0.1) is 0 Å². The second-order valence-electron chi connectivity index (χ2n) is 7.12. The zero-order valence-electron chi connectivity index (χ0n) is 17.4. The molecule has 0 atom stereocenters. The van der Waals surface area contributed by atoms with Gasteiger partial charge in [-0.05, 0) is 48.5 Å². The predicted molar refractivity (Wildman–Crippen MR) is 128 cm³/mol. The number of hydrogen-bond donors (Lipinski definition) is 0. The van der Waals surface area contributed by atoms with Gasteiger partial charge in [-0.2, -0.15) is 0 Å². The van der Waals surface area contributed by atoms with E-state index in [4.69, 9.17) is 9.47 Å². The van der Waals surface area contributed by atoms with Crippen LogP contribution in [0.2, 0.25) is 0 Å². The van der Waals surface area contributed by atoms with E-state index in [1.165, 1.54) is 15.9 Å². The van der Waals surface area contributed by atoms with Crippen molar-refractivity contribution in [1.29, 1.82) is 0 Å². The van der Waals surface area contributed by atoms with Crippen LogP contribution in [0.3, 0.4) is 0 Å². The second kappa shape index (κ2) is 9.15. The number of hydrogen-bond acceptors (Lipinski definition) is 2. The van der Waals surface area contributed by atoms with Gasteiger partial charge < -0.3 is 9.47 Å². The minimum atomic E-state index is -2.02. The molecule has 4 aromatic carbocycles. The average molecular weight is 413 g/mol. The minimum Gasteiger partial charge on any atom is -0.496 e. The molecule has 4 rings (SSSR count). The van der Waals surface area contributed by atoms with Crippen LogP contribution in [0.25, 0.3) is 0 Å². The largest absolute Gasteiger partial charge is 0.496 e. The van der Waals surface area contributed by atoms with Crippen LogP contribution in [0.15, 0.2) is 109 Å². The zero-order chi connectivity index (χ0) is 20.8. The summed E-state index contributed by atoms with van der Waals surface area (Å²) in [6.45, 7) is 0. The van der Waals surface area contributed by atoms with Crippen LogP contribution in [0.4, 0.5) is 0 Å². The second-order valence-corrected chi connectivity index (χ2v) is 10.6. The normalized spacial score (nSPS) is 11.1. The third kappa shape index (κ3) is 3.72. The average Bonchev–Trinajstić information content (AvgIpc) is 2.84. The van der Waals surface area contributed by atoms with Gasteiger partial charge in [0, 0.05) is 0 Å². The zero-order valence-corrected chi connectivity index (χ0v) is 18.3. The molecule has 0 bridgehead atoms. The summed E-state index contributed by atoms with van der Waals surface area (Å²) in [5.41, 5.74) is 1.10. The number of methoxy groups -OCH3 is 2. The van der Waals surface area contributed by atoms with E-state index < -0.39 is 7.26 Å². The Hall–Kier alpha value is -3.09. The molecule has 0 aliphatic heterocycles. The number of benzene rings is 4. The van der Waals surface area contributed by atoms with Crippen LogP contribution in [0.1, 0.15) is 5.56 Å². The van der Waals surface area contributed by atoms with Crippen molar-refractivity contribution in [2.24, 2.45) is 0 Å². The van der Waals surface area contributed by atoms with Crippen molar-refractivity contribution < 1.29 is 9.47 Å². The molecule has 0 N–H and O–H groups in total. The first-order chi connectivity index (χ1) is 14.8. The van der Waals surface area contributed by atoms with E-state index in [0.717, 1.165) is 23.2 Å². The summed E-state index contributed by atoms with van der Waals surface area (Å²) >= 11 is 0.